The fourth-order valence-corrected chi connectivity index (χ4v) is 3.83. The Labute approximate surface area is 126 Å². The van der Waals surface area contributed by atoms with Crippen molar-refractivity contribution in [2.45, 2.75) is 32.1 Å². The van der Waals surface area contributed by atoms with Crippen LogP contribution in [0.4, 0.5) is 5.69 Å². The molecule has 1 saturated carbocycles. The molecular formula is C17H24N2O2. The van der Waals surface area contributed by atoms with E-state index in [2.05, 4.69) is 0 Å². The van der Waals surface area contributed by atoms with Crippen LogP contribution in [0.15, 0.2) is 18.2 Å². The number of hydrogen-bond acceptors (Lipinski definition) is 3. The number of ether oxygens (including phenoxy) is 1. The van der Waals surface area contributed by atoms with Crippen LogP contribution >= 0.6 is 0 Å². The number of nitrogen functional groups attached to an aromatic ring is 1. The number of likely N-dealkylation sites (tertiary alicyclic amines) is 1. The van der Waals surface area contributed by atoms with Crippen LogP contribution in [0.5, 0.6) is 5.75 Å². The summed E-state index contributed by atoms with van der Waals surface area (Å²) in [6.45, 7) is 1.78. The highest BCUT2D eigenvalue weighted by molar-refractivity contribution is 5.95. The van der Waals surface area contributed by atoms with Crippen LogP contribution in [0.25, 0.3) is 0 Å². The molecule has 2 aliphatic rings. The first-order valence-corrected chi connectivity index (χ1v) is 7.91. The summed E-state index contributed by atoms with van der Waals surface area (Å²) in [6.07, 6.45) is 6.44. The Morgan fingerprint density at radius 3 is 2.71 bits per heavy atom. The predicted molar refractivity (Wildman–Crippen MR) is 83.4 cm³/mol. The van der Waals surface area contributed by atoms with E-state index in [1.807, 2.05) is 4.90 Å². The van der Waals surface area contributed by atoms with Gasteiger partial charge in [-0.2, -0.15) is 0 Å². The van der Waals surface area contributed by atoms with Crippen molar-refractivity contribution in [3.05, 3.63) is 23.8 Å². The molecule has 21 heavy (non-hydrogen) atoms. The number of carbonyl (C=O) groups excluding carboxylic acids is 1. The van der Waals surface area contributed by atoms with Crippen LogP contribution in [0.2, 0.25) is 0 Å². The van der Waals surface area contributed by atoms with Crippen LogP contribution in [-0.2, 0) is 0 Å². The zero-order chi connectivity index (χ0) is 14.8. The minimum absolute atomic E-state index is 0.0876. The van der Waals surface area contributed by atoms with Crippen LogP contribution in [-0.4, -0.2) is 31.0 Å². The number of fused-ring (bicyclic) bond motifs is 1. The van der Waals surface area contributed by atoms with E-state index >= 15 is 0 Å². The van der Waals surface area contributed by atoms with E-state index in [1.165, 1.54) is 25.7 Å². The summed E-state index contributed by atoms with van der Waals surface area (Å²) in [7, 11) is 1.59. The van der Waals surface area contributed by atoms with E-state index in [0.29, 0.717) is 22.9 Å². The number of anilines is 1. The van der Waals surface area contributed by atoms with E-state index < -0.39 is 0 Å². The molecule has 0 spiro atoms. The lowest BCUT2D eigenvalue weighted by atomic mass is 9.75. The minimum atomic E-state index is 0.0876. The SMILES string of the molecule is COc1cc(N)cc(C(=O)N2CCC3CCCCC3C2)c1. The molecule has 4 nitrogen and oxygen atoms in total. The molecule has 0 aromatic heterocycles. The van der Waals surface area contributed by atoms with Gasteiger partial charge < -0.3 is 15.4 Å². The van der Waals surface area contributed by atoms with Crippen molar-refractivity contribution in [3.8, 4) is 5.75 Å². The van der Waals surface area contributed by atoms with Gasteiger partial charge in [-0.3, -0.25) is 4.79 Å². The average Bonchev–Trinajstić information content (AvgIpc) is 2.53. The molecule has 2 unspecified atom stereocenters. The third-order valence-electron chi connectivity index (χ3n) is 4.99. The molecule has 1 amide bonds. The van der Waals surface area contributed by atoms with Gasteiger partial charge in [-0.25, -0.2) is 0 Å². The standard InChI is InChI=1S/C17H24N2O2/c1-21-16-9-14(8-15(18)10-16)17(20)19-7-6-12-4-2-3-5-13(12)11-19/h8-10,12-13H,2-7,11,18H2,1H3. The first kappa shape index (κ1) is 14.2. The van der Waals surface area contributed by atoms with Crippen molar-refractivity contribution in [2.24, 2.45) is 11.8 Å². The number of benzene rings is 1. The molecule has 0 bridgehead atoms. The molecule has 2 fully saturated rings. The summed E-state index contributed by atoms with van der Waals surface area (Å²) in [5, 5.41) is 0. The second-order valence-electron chi connectivity index (χ2n) is 6.34. The van der Waals surface area contributed by atoms with Gasteiger partial charge in [-0.1, -0.05) is 19.3 Å². The summed E-state index contributed by atoms with van der Waals surface area (Å²) in [4.78, 5) is 14.7. The first-order valence-electron chi connectivity index (χ1n) is 7.91. The second-order valence-corrected chi connectivity index (χ2v) is 6.34. The maximum absolute atomic E-state index is 12.7. The number of carbonyl (C=O) groups is 1. The molecule has 3 rings (SSSR count). The lowest BCUT2D eigenvalue weighted by Crippen LogP contribution is -2.44. The summed E-state index contributed by atoms with van der Waals surface area (Å²) >= 11 is 0. The lowest BCUT2D eigenvalue weighted by molar-refractivity contribution is 0.0520. The van der Waals surface area contributed by atoms with Crippen molar-refractivity contribution in [1.29, 1.82) is 0 Å². The van der Waals surface area contributed by atoms with E-state index in [4.69, 9.17) is 10.5 Å². The number of piperidine rings is 1. The van der Waals surface area contributed by atoms with Gasteiger partial charge in [0.2, 0.25) is 0 Å². The van der Waals surface area contributed by atoms with Crippen LogP contribution in [0.3, 0.4) is 0 Å². The summed E-state index contributed by atoms with van der Waals surface area (Å²) in [6, 6.07) is 5.27. The molecule has 114 valence electrons. The van der Waals surface area contributed by atoms with Crippen LogP contribution in [0.1, 0.15) is 42.5 Å². The molecule has 1 heterocycles. The Bertz CT molecular complexity index is 530. The maximum atomic E-state index is 12.7. The zero-order valence-electron chi connectivity index (χ0n) is 12.7. The van der Waals surface area contributed by atoms with Gasteiger partial charge in [0.1, 0.15) is 5.75 Å². The minimum Gasteiger partial charge on any atom is -0.497 e. The van der Waals surface area contributed by atoms with Gasteiger partial charge in [-0.05, 0) is 36.8 Å². The van der Waals surface area contributed by atoms with E-state index in [0.717, 1.165) is 25.4 Å². The largest absolute Gasteiger partial charge is 0.497 e. The smallest absolute Gasteiger partial charge is 0.254 e. The van der Waals surface area contributed by atoms with Gasteiger partial charge in [0.15, 0.2) is 0 Å². The van der Waals surface area contributed by atoms with Crippen LogP contribution in [0, 0.1) is 11.8 Å². The van der Waals surface area contributed by atoms with Crippen LogP contribution < -0.4 is 10.5 Å². The quantitative estimate of drug-likeness (QED) is 0.851. The molecule has 2 N–H and O–H groups in total. The Balaban J connectivity index is 1.74. The fourth-order valence-electron chi connectivity index (χ4n) is 3.83. The van der Waals surface area contributed by atoms with Crippen molar-refractivity contribution >= 4 is 11.6 Å². The third-order valence-corrected chi connectivity index (χ3v) is 4.99. The van der Waals surface area contributed by atoms with Crippen molar-refractivity contribution in [2.75, 3.05) is 25.9 Å². The molecule has 1 aromatic rings. The molecular weight excluding hydrogens is 264 g/mol. The van der Waals surface area contributed by atoms with Crippen molar-refractivity contribution < 1.29 is 9.53 Å². The molecule has 1 aromatic carbocycles. The van der Waals surface area contributed by atoms with Crippen molar-refractivity contribution in [1.82, 2.24) is 4.90 Å². The number of nitrogens with zero attached hydrogens (tertiary/aromatic N) is 1. The van der Waals surface area contributed by atoms with Gasteiger partial charge in [0.25, 0.3) is 5.91 Å². The summed E-state index contributed by atoms with van der Waals surface area (Å²) < 4.78 is 5.21. The first-order chi connectivity index (χ1) is 10.2. The predicted octanol–water partition coefficient (Wildman–Crippen LogP) is 2.93. The summed E-state index contributed by atoms with van der Waals surface area (Å²) in [5.74, 6) is 2.26. The van der Waals surface area contributed by atoms with Gasteiger partial charge in [0.05, 0.1) is 7.11 Å². The monoisotopic (exact) mass is 288 g/mol. The maximum Gasteiger partial charge on any atom is 0.254 e. The Morgan fingerprint density at radius 1 is 1.19 bits per heavy atom. The van der Waals surface area contributed by atoms with Gasteiger partial charge in [-0.15, -0.1) is 0 Å². The van der Waals surface area contributed by atoms with E-state index in [1.54, 1.807) is 25.3 Å². The summed E-state index contributed by atoms with van der Waals surface area (Å²) in [5.41, 5.74) is 7.07. The number of rotatable bonds is 2. The fraction of sp³-hybridized carbons (Fsp3) is 0.588. The third kappa shape index (κ3) is 2.99. The molecule has 0 radical (unpaired) electrons. The topological polar surface area (TPSA) is 55.6 Å². The number of methoxy groups -OCH3 is 1. The Hall–Kier alpha value is -1.71. The number of hydrogen-bond donors (Lipinski definition) is 1. The average molecular weight is 288 g/mol. The highest BCUT2D eigenvalue weighted by Gasteiger charge is 2.33. The molecule has 1 saturated heterocycles. The normalized spacial score (nSPS) is 25.3. The van der Waals surface area contributed by atoms with Gasteiger partial charge in [0, 0.05) is 30.4 Å². The van der Waals surface area contributed by atoms with Crippen molar-refractivity contribution in [3.63, 3.8) is 0 Å². The Morgan fingerprint density at radius 2 is 1.95 bits per heavy atom. The molecule has 2 atom stereocenters. The zero-order valence-corrected chi connectivity index (χ0v) is 12.7. The Kier molecular flexibility index (Phi) is 4.04. The second kappa shape index (κ2) is 5.96. The molecule has 1 aliphatic heterocycles. The van der Waals surface area contributed by atoms with Gasteiger partial charge >= 0.3 is 0 Å². The molecule has 4 heteroatoms. The number of nitrogens with two attached hydrogens (primary N) is 1. The van der Waals surface area contributed by atoms with E-state index in [9.17, 15) is 4.79 Å². The highest BCUT2D eigenvalue weighted by Crippen LogP contribution is 2.36. The number of amides is 1. The highest BCUT2D eigenvalue weighted by atomic mass is 16.5. The molecule has 1 aliphatic carbocycles. The van der Waals surface area contributed by atoms with E-state index in [-0.39, 0.29) is 5.91 Å². The lowest BCUT2D eigenvalue weighted by Gasteiger charge is -2.41.